The predicted molar refractivity (Wildman–Crippen MR) is 66.3 cm³/mol. The van der Waals surface area contributed by atoms with Crippen LogP contribution >= 0.6 is 0 Å². The van der Waals surface area contributed by atoms with E-state index in [9.17, 15) is 5.11 Å². The normalized spacial score (nSPS) is 14.4. The summed E-state index contributed by atoms with van der Waals surface area (Å²) in [7, 11) is 0. The minimum atomic E-state index is -0.441. The lowest BCUT2D eigenvalue weighted by Gasteiger charge is -2.19. The molecule has 0 radical (unpaired) electrons. The zero-order valence-corrected chi connectivity index (χ0v) is 9.38. The molecule has 2 rings (SSSR count). The van der Waals surface area contributed by atoms with Gasteiger partial charge in [-0.2, -0.15) is 0 Å². The van der Waals surface area contributed by atoms with Crippen molar-refractivity contribution in [3.8, 4) is 0 Å². The largest absolute Gasteiger partial charge is 0.388 e. The molecule has 0 saturated carbocycles. The summed E-state index contributed by atoms with van der Waals surface area (Å²) in [6, 6.07) is 19.9. The van der Waals surface area contributed by atoms with Gasteiger partial charge in [0.2, 0.25) is 0 Å². The Hall–Kier alpha value is -1.60. The van der Waals surface area contributed by atoms with E-state index in [-0.39, 0.29) is 5.92 Å². The highest BCUT2D eigenvalue weighted by Crippen LogP contribution is 2.29. The summed E-state index contributed by atoms with van der Waals surface area (Å²) in [6.07, 6.45) is -0.441. The average Bonchev–Trinajstić information content (AvgIpc) is 2.39. The second-order valence-electron chi connectivity index (χ2n) is 4.05. The van der Waals surface area contributed by atoms with E-state index < -0.39 is 6.10 Å². The van der Waals surface area contributed by atoms with Gasteiger partial charge in [0.1, 0.15) is 0 Å². The summed E-state index contributed by atoms with van der Waals surface area (Å²) in [5, 5.41) is 10.2. The number of aliphatic hydroxyl groups excluding tert-OH is 1. The van der Waals surface area contributed by atoms with Gasteiger partial charge in [-0.15, -0.1) is 0 Å². The quantitative estimate of drug-likeness (QED) is 0.825. The molecular weight excluding hydrogens is 196 g/mol. The first kappa shape index (κ1) is 10.9. The molecule has 1 nitrogen and oxygen atoms in total. The molecule has 0 aromatic heterocycles. The van der Waals surface area contributed by atoms with Crippen LogP contribution in [0, 0.1) is 0 Å². The summed E-state index contributed by atoms with van der Waals surface area (Å²) in [5.41, 5.74) is 2.14. The summed E-state index contributed by atoms with van der Waals surface area (Å²) in [4.78, 5) is 0. The lowest BCUT2D eigenvalue weighted by Crippen LogP contribution is -2.07. The fourth-order valence-corrected chi connectivity index (χ4v) is 1.88. The van der Waals surface area contributed by atoms with Crippen LogP contribution in [0.15, 0.2) is 60.7 Å². The second-order valence-corrected chi connectivity index (χ2v) is 4.05. The average molecular weight is 212 g/mol. The maximum atomic E-state index is 10.2. The van der Waals surface area contributed by atoms with Gasteiger partial charge in [-0.1, -0.05) is 67.6 Å². The highest BCUT2D eigenvalue weighted by atomic mass is 16.3. The van der Waals surface area contributed by atoms with Gasteiger partial charge in [-0.05, 0) is 11.1 Å². The van der Waals surface area contributed by atoms with E-state index in [1.54, 1.807) is 0 Å². The molecule has 82 valence electrons. The van der Waals surface area contributed by atoms with E-state index in [0.29, 0.717) is 0 Å². The lowest BCUT2D eigenvalue weighted by molar-refractivity contribution is 0.151. The summed E-state index contributed by atoms with van der Waals surface area (Å²) < 4.78 is 0. The molecule has 0 amide bonds. The maximum Gasteiger partial charge on any atom is 0.0855 e. The molecule has 0 fully saturated rings. The molecule has 0 spiro atoms. The lowest BCUT2D eigenvalue weighted by atomic mass is 9.91. The fourth-order valence-electron chi connectivity index (χ4n) is 1.88. The predicted octanol–water partition coefficient (Wildman–Crippen LogP) is 3.52. The van der Waals surface area contributed by atoms with E-state index in [1.165, 1.54) is 5.56 Å². The minimum Gasteiger partial charge on any atom is -0.388 e. The van der Waals surface area contributed by atoms with Crippen molar-refractivity contribution in [3.63, 3.8) is 0 Å². The zero-order valence-electron chi connectivity index (χ0n) is 9.38. The molecule has 2 aromatic rings. The van der Waals surface area contributed by atoms with Crippen LogP contribution in [0.5, 0.6) is 0 Å². The van der Waals surface area contributed by atoms with Crippen molar-refractivity contribution >= 4 is 0 Å². The van der Waals surface area contributed by atoms with Gasteiger partial charge in [0.05, 0.1) is 6.10 Å². The van der Waals surface area contributed by atoms with E-state index in [2.05, 4.69) is 12.1 Å². The van der Waals surface area contributed by atoms with E-state index in [1.807, 2.05) is 55.5 Å². The third kappa shape index (κ3) is 2.31. The highest BCUT2D eigenvalue weighted by molar-refractivity contribution is 5.25. The molecule has 1 heteroatoms. The Balaban J connectivity index is 2.20. The summed E-state index contributed by atoms with van der Waals surface area (Å²) >= 11 is 0. The molecule has 1 unspecified atom stereocenters. The van der Waals surface area contributed by atoms with Crippen LogP contribution in [0.1, 0.15) is 30.1 Å². The molecule has 0 saturated heterocycles. The van der Waals surface area contributed by atoms with Crippen molar-refractivity contribution in [3.05, 3.63) is 71.8 Å². The SMILES string of the molecule is C[C@H](c1ccccc1)C(O)c1ccccc1. The Labute approximate surface area is 96.4 Å². The van der Waals surface area contributed by atoms with Crippen LogP contribution in [0.4, 0.5) is 0 Å². The second kappa shape index (κ2) is 4.95. The molecule has 1 N–H and O–H groups in total. The third-order valence-electron chi connectivity index (χ3n) is 2.94. The van der Waals surface area contributed by atoms with E-state index >= 15 is 0 Å². The number of benzene rings is 2. The Morgan fingerprint density at radius 1 is 0.750 bits per heavy atom. The van der Waals surface area contributed by atoms with Gasteiger partial charge in [0, 0.05) is 5.92 Å². The first-order valence-corrected chi connectivity index (χ1v) is 5.57. The van der Waals surface area contributed by atoms with Crippen molar-refractivity contribution < 1.29 is 5.11 Å². The zero-order chi connectivity index (χ0) is 11.4. The molecule has 0 heterocycles. The molecular formula is C15H16O. The maximum absolute atomic E-state index is 10.2. The number of rotatable bonds is 3. The highest BCUT2D eigenvalue weighted by Gasteiger charge is 2.17. The van der Waals surface area contributed by atoms with Crippen LogP contribution < -0.4 is 0 Å². The first-order chi connectivity index (χ1) is 7.79. The number of aliphatic hydroxyl groups is 1. The molecule has 0 aliphatic rings. The van der Waals surface area contributed by atoms with E-state index in [0.717, 1.165) is 5.56 Å². The molecule has 2 atom stereocenters. The number of hydrogen-bond acceptors (Lipinski definition) is 1. The van der Waals surface area contributed by atoms with Gasteiger partial charge < -0.3 is 5.11 Å². The van der Waals surface area contributed by atoms with Crippen molar-refractivity contribution in [2.75, 3.05) is 0 Å². The van der Waals surface area contributed by atoms with Crippen LogP contribution in [-0.4, -0.2) is 5.11 Å². The Morgan fingerprint density at radius 3 is 1.69 bits per heavy atom. The third-order valence-corrected chi connectivity index (χ3v) is 2.94. The fraction of sp³-hybridized carbons (Fsp3) is 0.200. The Morgan fingerprint density at radius 2 is 1.19 bits per heavy atom. The Kier molecular flexibility index (Phi) is 3.37. The van der Waals surface area contributed by atoms with Crippen molar-refractivity contribution in [2.45, 2.75) is 18.9 Å². The standard InChI is InChI=1S/C15H16O/c1-12(13-8-4-2-5-9-13)15(16)14-10-6-3-7-11-14/h2-12,15-16H,1H3/t12-,15?/m1/s1. The van der Waals surface area contributed by atoms with E-state index in [4.69, 9.17) is 0 Å². The summed E-state index contributed by atoms with van der Waals surface area (Å²) in [6.45, 7) is 2.05. The summed E-state index contributed by atoms with van der Waals surface area (Å²) in [5.74, 6) is 0.114. The van der Waals surface area contributed by atoms with Crippen molar-refractivity contribution in [1.29, 1.82) is 0 Å². The van der Waals surface area contributed by atoms with Gasteiger partial charge >= 0.3 is 0 Å². The van der Waals surface area contributed by atoms with Gasteiger partial charge in [-0.25, -0.2) is 0 Å². The van der Waals surface area contributed by atoms with Crippen molar-refractivity contribution in [1.82, 2.24) is 0 Å². The molecule has 0 aliphatic carbocycles. The molecule has 16 heavy (non-hydrogen) atoms. The Bertz CT molecular complexity index is 378. The topological polar surface area (TPSA) is 20.2 Å². The number of hydrogen-bond donors (Lipinski definition) is 1. The van der Waals surface area contributed by atoms with Crippen LogP contribution in [0.3, 0.4) is 0 Å². The van der Waals surface area contributed by atoms with Gasteiger partial charge in [0.25, 0.3) is 0 Å². The van der Waals surface area contributed by atoms with Crippen LogP contribution in [0.25, 0.3) is 0 Å². The smallest absolute Gasteiger partial charge is 0.0855 e. The first-order valence-electron chi connectivity index (χ1n) is 5.57. The van der Waals surface area contributed by atoms with Crippen LogP contribution in [-0.2, 0) is 0 Å². The molecule has 0 bridgehead atoms. The monoisotopic (exact) mass is 212 g/mol. The van der Waals surface area contributed by atoms with Gasteiger partial charge in [0.15, 0.2) is 0 Å². The minimum absolute atomic E-state index is 0.114. The van der Waals surface area contributed by atoms with Gasteiger partial charge in [-0.3, -0.25) is 0 Å². The molecule has 0 aliphatic heterocycles. The van der Waals surface area contributed by atoms with Crippen molar-refractivity contribution in [2.24, 2.45) is 0 Å². The molecule has 2 aromatic carbocycles. The van der Waals surface area contributed by atoms with Crippen LogP contribution in [0.2, 0.25) is 0 Å².